The van der Waals surface area contributed by atoms with E-state index >= 15 is 0 Å². The Balaban J connectivity index is 1.81. The third-order valence-electron chi connectivity index (χ3n) is 3.06. The molecule has 3 nitrogen and oxygen atoms in total. The van der Waals surface area contributed by atoms with Crippen LogP contribution in [0, 0.1) is 0 Å². The standard InChI is InChI=1S/C16H16Cl2N2OS/c1-21-12-7-5-11(6-8-12)9-10-19-16(22)20-14-4-2-3-13(17)15(14)18/h2-8H,9-10H2,1H3,(H2,19,20,22). The first-order chi connectivity index (χ1) is 10.6. The van der Waals surface area contributed by atoms with Gasteiger partial charge in [0.25, 0.3) is 0 Å². The Morgan fingerprint density at radius 3 is 2.55 bits per heavy atom. The van der Waals surface area contributed by atoms with E-state index in [-0.39, 0.29) is 0 Å². The zero-order chi connectivity index (χ0) is 15.9. The van der Waals surface area contributed by atoms with Crippen molar-refractivity contribution in [2.75, 3.05) is 19.0 Å². The van der Waals surface area contributed by atoms with Gasteiger partial charge in [-0.15, -0.1) is 0 Å². The van der Waals surface area contributed by atoms with Gasteiger partial charge in [-0.2, -0.15) is 0 Å². The van der Waals surface area contributed by atoms with E-state index in [4.69, 9.17) is 40.2 Å². The van der Waals surface area contributed by atoms with Crippen molar-refractivity contribution in [1.82, 2.24) is 5.32 Å². The lowest BCUT2D eigenvalue weighted by Gasteiger charge is -2.12. The number of halogens is 2. The average Bonchev–Trinajstić information content (AvgIpc) is 2.52. The second-order valence-electron chi connectivity index (χ2n) is 4.58. The Bertz CT molecular complexity index is 647. The van der Waals surface area contributed by atoms with Gasteiger partial charge in [-0.05, 0) is 48.5 Å². The van der Waals surface area contributed by atoms with E-state index in [0.717, 1.165) is 18.7 Å². The number of methoxy groups -OCH3 is 1. The van der Waals surface area contributed by atoms with Crippen LogP contribution in [-0.2, 0) is 6.42 Å². The van der Waals surface area contributed by atoms with Gasteiger partial charge in [0.1, 0.15) is 5.75 Å². The number of rotatable bonds is 5. The molecule has 0 amide bonds. The highest BCUT2D eigenvalue weighted by Crippen LogP contribution is 2.29. The van der Waals surface area contributed by atoms with E-state index in [0.29, 0.717) is 20.8 Å². The fraction of sp³-hybridized carbons (Fsp3) is 0.188. The lowest BCUT2D eigenvalue weighted by molar-refractivity contribution is 0.414. The minimum absolute atomic E-state index is 0.462. The molecule has 0 radical (unpaired) electrons. The van der Waals surface area contributed by atoms with Gasteiger partial charge in [0, 0.05) is 6.54 Å². The summed E-state index contributed by atoms with van der Waals surface area (Å²) in [4.78, 5) is 0. The monoisotopic (exact) mass is 354 g/mol. The molecule has 2 aromatic carbocycles. The number of thiocarbonyl (C=S) groups is 1. The quantitative estimate of drug-likeness (QED) is 0.772. The van der Waals surface area contributed by atoms with Crippen LogP contribution in [0.3, 0.4) is 0 Å². The van der Waals surface area contributed by atoms with Crippen LogP contribution in [0.25, 0.3) is 0 Å². The number of ether oxygens (including phenoxy) is 1. The molecule has 0 heterocycles. The molecule has 0 bridgehead atoms. The van der Waals surface area contributed by atoms with Gasteiger partial charge in [0.05, 0.1) is 22.8 Å². The van der Waals surface area contributed by atoms with Crippen LogP contribution in [0.4, 0.5) is 5.69 Å². The zero-order valence-corrected chi connectivity index (χ0v) is 14.4. The van der Waals surface area contributed by atoms with Crippen molar-refractivity contribution < 1.29 is 4.74 Å². The molecule has 2 aromatic rings. The topological polar surface area (TPSA) is 33.3 Å². The molecule has 0 saturated carbocycles. The lowest BCUT2D eigenvalue weighted by Crippen LogP contribution is -2.30. The first-order valence-electron chi connectivity index (χ1n) is 6.72. The van der Waals surface area contributed by atoms with E-state index in [9.17, 15) is 0 Å². The van der Waals surface area contributed by atoms with E-state index in [1.165, 1.54) is 5.56 Å². The van der Waals surface area contributed by atoms with Crippen LogP contribution in [0.5, 0.6) is 5.75 Å². The number of anilines is 1. The summed E-state index contributed by atoms with van der Waals surface area (Å²) in [5.41, 5.74) is 1.90. The fourth-order valence-corrected chi connectivity index (χ4v) is 2.44. The van der Waals surface area contributed by atoms with Gasteiger partial charge >= 0.3 is 0 Å². The van der Waals surface area contributed by atoms with Crippen molar-refractivity contribution in [2.45, 2.75) is 6.42 Å². The van der Waals surface area contributed by atoms with Crippen LogP contribution in [0.15, 0.2) is 42.5 Å². The number of hydrogen-bond acceptors (Lipinski definition) is 2. The molecule has 0 aliphatic heterocycles. The summed E-state index contributed by atoms with van der Waals surface area (Å²) >= 11 is 17.3. The molecule has 116 valence electrons. The zero-order valence-electron chi connectivity index (χ0n) is 12.0. The minimum Gasteiger partial charge on any atom is -0.497 e. The van der Waals surface area contributed by atoms with E-state index in [1.807, 2.05) is 36.4 Å². The van der Waals surface area contributed by atoms with Crippen molar-refractivity contribution >= 4 is 46.2 Å². The molecule has 0 aliphatic rings. The van der Waals surface area contributed by atoms with Crippen LogP contribution in [0.2, 0.25) is 10.0 Å². The van der Waals surface area contributed by atoms with Crippen molar-refractivity contribution in [1.29, 1.82) is 0 Å². The van der Waals surface area contributed by atoms with Crippen LogP contribution >= 0.6 is 35.4 Å². The molecule has 2 N–H and O–H groups in total. The molecular weight excluding hydrogens is 339 g/mol. The van der Waals surface area contributed by atoms with Crippen LogP contribution < -0.4 is 15.4 Å². The maximum atomic E-state index is 6.10. The summed E-state index contributed by atoms with van der Waals surface area (Å²) in [5, 5.41) is 7.65. The Morgan fingerprint density at radius 1 is 1.14 bits per heavy atom. The lowest BCUT2D eigenvalue weighted by atomic mass is 10.1. The van der Waals surface area contributed by atoms with Crippen LogP contribution in [0.1, 0.15) is 5.56 Å². The number of hydrogen-bond donors (Lipinski definition) is 2. The Labute approximate surface area is 145 Å². The van der Waals surface area contributed by atoms with Gasteiger partial charge in [0.15, 0.2) is 5.11 Å². The number of nitrogens with one attached hydrogen (secondary N) is 2. The summed E-state index contributed by atoms with van der Waals surface area (Å²) in [6.45, 7) is 0.719. The predicted octanol–water partition coefficient (Wildman–Crippen LogP) is 4.53. The van der Waals surface area contributed by atoms with Crippen LogP contribution in [-0.4, -0.2) is 18.8 Å². The van der Waals surface area contributed by atoms with Gasteiger partial charge in [-0.25, -0.2) is 0 Å². The van der Waals surface area contributed by atoms with Gasteiger partial charge in [-0.1, -0.05) is 41.4 Å². The summed E-state index contributed by atoms with van der Waals surface area (Å²) in [5.74, 6) is 0.851. The minimum atomic E-state index is 0.462. The first-order valence-corrected chi connectivity index (χ1v) is 7.88. The van der Waals surface area contributed by atoms with Crippen molar-refractivity contribution in [3.63, 3.8) is 0 Å². The molecule has 22 heavy (non-hydrogen) atoms. The molecule has 0 fully saturated rings. The largest absolute Gasteiger partial charge is 0.497 e. The molecule has 0 unspecified atom stereocenters. The predicted molar refractivity (Wildman–Crippen MR) is 97.4 cm³/mol. The Hall–Kier alpha value is -1.49. The van der Waals surface area contributed by atoms with Gasteiger partial charge in [0.2, 0.25) is 0 Å². The highest BCUT2D eigenvalue weighted by molar-refractivity contribution is 7.80. The van der Waals surface area contributed by atoms with E-state index in [2.05, 4.69) is 10.6 Å². The van der Waals surface area contributed by atoms with Gasteiger partial charge in [-0.3, -0.25) is 0 Å². The SMILES string of the molecule is COc1ccc(CCNC(=S)Nc2cccc(Cl)c2Cl)cc1. The fourth-order valence-electron chi connectivity index (χ4n) is 1.88. The molecular formula is C16H16Cl2N2OS. The molecule has 0 aliphatic carbocycles. The summed E-state index contributed by atoms with van der Waals surface area (Å²) in [7, 11) is 1.65. The second-order valence-corrected chi connectivity index (χ2v) is 5.77. The third kappa shape index (κ3) is 4.77. The molecule has 0 spiro atoms. The normalized spacial score (nSPS) is 10.1. The van der Waals surface area contributed by atoms with E-state index in [1.54, 1.807) is 13.2 Å². The highest BCUT2D eigenvalue weighted by atomic mass is 35.5. The van der Waals surface area contributed by atoms with Crippen molar-refractivity contribution in [3.05, 3.63) is 58.1 Å². The molecule has 6 heteroatoms. The molecule has 0 saturated heterocycles. The third-order valence-corrected chi connectivity index (χ3v) is 4.12. The smallest absolute Gasteiger partial charge is 0.170 e. The Morgan fingerprint density at radius 2 is 1.86 bits per heavy atom. The first kappa shape index (κ1) is 16.9. The molecule has 0 aromatic heterocycles. The van der Waals surface area contributed by atoms with Gasteiger partial charge < -0.3 is 15.4 Å². The van der Waals surface area contributed by atoms with Crippen molar-refractivity contribution in [2.24, 2.45) is 0 Å². The maximum absolute atomic E-state index is 6.10. The van der Waals surface area contributed by atoms with Crippen molar-refractivity contribution in [3.8, 4) is 5.75 Å². The van der Waals surface area contributed by atoms with E-state index < -0.39 is 0 Å². The molecule has 2 rings (SSSR count). The highest BCUT2D eigenvalue weighted by Gasteiger charge is 2.05. The summed E-state index contributed by atoms with van der Waals surface area (Å²) in [6, 6.07) is 13.3. The average molecular weight is 355 g/mol. The maximum Gasteiger partial charge on any atom is 0.170 e. The summed E-state index contributed by atoms with van der Waals surface area (Å²) < 4.78 is 5.13. The second kappa shape index (κ2) is 8.22. The molecule has 0 atom stereocenters. The Kier molecular flexibility index (Phi) is 6.31. The summed E-state index contributed by atoms with van der Waals surface area (Å²) in [6.07, 6.45) is 0.856. The number of benzene rings is 2.